The van der Waals surface area contributed by atoms with Gasteiger partial charge in [-0.1, -0.05) is 46.8 Å². The highest BCUT2D eigenvalue weighted by Crippen LogP contribution is 2.48. The molecular weight excluding hydrogens is 657 g/mol. The van der Waals surface area contributed by atoms with Gasteiger partial charge in [-0.3, -0.25) is 18.9 Å². The molecule has 0 spiro atoms. The number of fused-ring (bicyclic) bond motifs is 1. The van der Waals surface area contributed by atoms with Gasteiger partial charge in [-0.2, -0.15) is 10.2 Å². The number of carbonyl (C=O) groups is 3. The van der Waals surface area contributed by atoms with Crippen molar-refractivity contribution in [3.05, 3.63) is 54.0 Å². The second-order valence-electron chi connectivity index (χ2n) is 13.6. The quantitative estimate of drug-likeness (QED) is 0.144. The molecule has 16 heteroatoms. The number of nitrogens with two attached hydrogens (primary N) is 1. The lowest BCUT2D eigenvalue weighted by atomic mass is 9.87. The number of rotatable bonds is 13. The van der Waals surface area contributed by atoms with E-state index in [-0.39, 0.29) is 29.5 Å². The normalized spacial score (nSPS) is 22.8. The molecule has 3 heterocycles. The van der Waals surface area contributed by atoms with E-state index in [1.807, 2.05) is 26.0 Å². The smallest absolute Gasteiger partial charge is 0.459 e. The van der Waals surface area contributed by atoms with E-state index in [1.54, 1.807) is 31.2 Å². The van der Waals surface area contributed by atoms with Gasteiger partial charge in [0.1, 0.15) is 35.3 Å². The molecule has 0 bridgehead atoms. The molecule has 0 saturated carbocycles. The second-order valence-corrected chi connectivity index (χ2v) is 15.3. The molecule has 1 unspecified atom stereocenters. The van der Waals surface area contributed by atoms with Crippen LogP contribution in [0.5, 0.6) is 5.75 Å². The Bertz CT molecular complexity index is 1710. The first kappa shape index (κ1) is 37.8. The first-order valence-corrected chi connectivity index (χ1v) is 17.5. The number of nitrogen functional groups attached to an aromatic ring is 1. The number of hydrogen-bond acceptors (Lipinski definition) is 13. The molecule has 4 rings (SSSR count). The van der Waals surface area contributed by atoms with Crippen molar-refractivity contribution in [3.8, 4) is 5.75 Å². The Morgan fingerprint density at radius 2 is 1.71 bits per heavy atom. The summed E-state index contributed by atoms with van der Waals surface area (Å²) in [5.74, 6) is -1.54. The van der Waals surface area contributed by atoms with Crippen LogP contribution < -0.4 is 15.3 Å². The van der Waals surface area contributed by atoms with Crippen LogP contribution in [0.1, 0.15) is 73.6 Å². The van der Waals surface area contributed by atoms with Crippen LogP contribution in [-0.2, 0) is 53.4 Å². The molecule has 1 aliphatic heterocycles. The molecule has 2 aromatic heterocycles. The average Bonchev–Trinajstić information content (AvgIpc) is 3.55. The lowest BCUT2D eigenvalue weighted by Gasteiger charge is -2.30. The van der Waals surface area contributed by atoms with E-state index in [0.29, 0.717) is 11.2 Å². The van der Waals surface area contributed by atoms with Crippen LogP contribution in [0.2, 0.25) is 0 Å². The standard InChI is InChI=1S/C33H46N5O10P/c1-19(2)16-43-31(41)20(3)37-49(42,48-24-12-10-23(11-13-24)32(6,7)8)44-17-26-28(45-21(4)39)29(46-22(5)40)33(9,47-26)27-15-14-25-30(34)35-18-36-38(25)27/h10-15,18-20,26,28-29H,16-17H2,1-9H3,(H,37,42)(H2,34,35,36)/t20-,26+,28+,29+,33-,49?/m0/s1. The van der Waals surface area contributed by atoms with Gasteiger partial charge in [-0.15, -0.1) is 0 Å². The van der Waals surface area contributed by atoms with Gasteiger partial charge in [-0.05, 0) is 55.0 Å². The van der Waals surface area contributed by atoms with Crippen LogP contribution in [0.3, 0.4) is 0 Å². The number of carbonyl (C=O) groups excluding carboxylic acids is 3. The lowest BCUT2D eigenvalue weighted by molar-refractivity contribution is -0.168. The highest BCUT2D eigenvalue weighted by atomic mass is 31.2. The van der Waals surface area contributed by atoms with Crippen molar-refractivity contribution in [1.29, 1.82) is 0 Å². The number of hydrogen-bond donors (Lipinski definition) is 2. The first-order valence-electron chi connectivity index (χ1n) is 15.9. The minimum absolute atomic E-state index is 0.0783. The molecule has 1 aromatic carbocycles. The van der Waals surface area contributed by atoms with E-state index >= 15 is 0 Å². The van der Waals surface area contributed by atoms with E-state index in [0.717, 1.165) is 5.56 Å². The minimum atomic E-state index is -4.38. The van der Waals surface area contributed by atoms with Crippen molar-refractivity contribution in [2.45, 2.75) is 97.7 Å². The highest BCUT2D eigenvalue weighted by Gasteiger charge is 2.59. The molecule has 3 aromatic rings. The predicted molar refractivity (Wildman–Crippen MR) is 178 cm³/mol. The zero-order valence-electron chi connectivity index (χ0n) is 29.3. The summed E-state index contributed by atoms with van der Waals surface area (Å²) in [5.41, 5.74) is 6.31. The van der Waals surface area contributed by atoms with Crippen molar-refractivity contribution in [3.63, 3.8) is 0 Å². The van der Waals surface area contributed by atoms with Gasteiger partial charge in [0, 0.05) is 13.8 Å². The number of nitrogens with zero attached hydrogens (tertiary/aromatic N) is 3. The largest absolute Gasteiger partial charge is 0.464 e. The number of ether oxygens (including phenoxy) is 4. The van der Waals surface area contributed by atoms with Gasteiger partial charge in [0.2, 0.25) is 0 Å². The first-order chi connectivity index (χ1) is 22.8. The third-order valence-corrected chi connectivity index (χ3v) is 9.45. The highest BCUT2D eigenvalue weighted by molar-refractivity contribution is 7.52. The maximum Gasteiger partial charge on any atom is 0.459 e. The zero-order valence-corrected chi connectivity index (χ0v) is 30.2. The maximum atomic E-state index is 14.4. The van der Waals surface area contributed by atoms with E-state index in [4.69, 9.17) is 33.7 Å². The fourth-order valence-electron chi connectivity index (χ4n) is 5.39. The molecule has 1 saturated heterocycles. The number of aromatic nitrogens is 3. The molecule has 49 heavy (non-hydrogen) atoms. The van der Waals surface area contributed by atoms with Crippen molar-refractivity contribution in [2.75, 3.05) is 18.9 Å². The SMILES string of the molecule is CC(=O)O[C@H]1[C@@H](OC(C)=O)[C@](C)(c2ccc3c(N)ncnn23)O[C@@H]1COP(=O)(N[C@@H](C)C(=O)OCC(C)C)Oc1ccc(C(C)(C)C)cc1. The van der Waals surface area contributed by atoms with Crippen molar-refractivity contribution >= 4 is 37.0 Å². The summed E-state index contributed by atoms with van der Waals surface area (Å²) in [5, 5.41) is 6.96. The molecule has 6 atom stereocenters. The molecule has 0 radical (unpaired) electrons. The van der Waals surface area contributed by atoms with E-state index in [9.17, 15) is 18.9 Å². The maximum absolute atomic E-state index is 14.4. The fourth-order valence-corrected chi connectivity index (χ4v) is 6.89. The Kier molecular flexibility index (Phi) is 11.4. The van der Waals surface area contributed by atoms with Gasteiger partial charge in [0.05, 0.1) is 18.9 Å². The van der Waals surface area contributed by atoms with Gasteiger partial charge in [0.15, 0.2) is 18.0 Å². The molecular formula is C33H46N5O10P. The number of benzene rings is 1. The van der Waals surface area contributed by atoms with Crippen LogP contribution >= 0.6 is 7.75 Å². The summed E-state index contributed by atoms with van der Waals surface area (Å²) in [4.78, 5) is 41.5. The van der Waals surface area contributed by atoms with Crippen molar-refractivity contribution < 1.29 is 46.9 Å². The van der Waals surface area contributed by atoms with Gasteiger partial charge < -0.3 is 29.2 Å². The molecule has 268 valence electrons. The number of nitrogens with one attached hydrogen (secondary N) is 1. The predicted octanol–water partition coefficient (Wildman–Crippen LogP) is 4.47. The monoisotopic (exact) mass is 703 g/mol. The number of esters is 3. The molecule has 1 aliphatic rings. The van der Waals surface area contributed by atoms with Gasteiger partial charge in [0.25, 0.3) is 0 Å². The van der Waals surface area contributed by atoms with Gasteiger partial charge in [-0.25, -0.2) is 14.1 Å². The second kappa shape index (κ2) is 14.8. The van der Waals surface area contributed by atoms with E-state index in [2.05, 4.69) is 35.9 Å². The van der Waals surface area contributed by atoms with Crippen LogP contribution in [0, 0.1) is 5.92 Å². The molecule has 0 aliphatic carbocycles. The summed E-state index contributed by atoms with van der Waals surface area (Å²) in [6, 6.07) is 9.20. The van der Waals surface area contributed by atoms with E-state index in [1.165, 1.54) is 31.6 Å². The Hall–Kier alpha value is -4.04. The third kappa shape index (κ3) is 8.96. The lowest BCUT2D eigenvalue weighted by Crippen LogP contribution is -2.45. The van der Waals surface area contributed by atoms with Crippen LogP contribution in [-0.4, -0.2) is 70.1 Å². The molecule has 0 amide bonds. The van der Waals surface area contributed by atoms with E-state index < -0.39 is 62.2 Å². The van der Waals surface area contributed by atoms with Crippen molar-refractivity contribution in [2.24, 2.45) is 5.92 Å². The summed E-state index contributed by atoms with van der Waals surface area (Å²) in [6.45, 7) is 15.1. The Labute approximate surface area is 285 Å². The summed E-state index contributed by atoms with van der Waals surface area (Å²) < 4.78 is 50.9. The minimum Gasteiger partial charge on any atom is -0.464 e. The Morgan fingerprint density at radius 3 is 2.31 bits per heavy atom. The van der Waals surface area contributed by atoms with Gasteiger partial charge >= 0.3 is 25.7 Å². The topological polar surface area (TPSA) is 192 Å². The summed E-state index contributed by atoms with van der Waals surface area (Å²) >= 11 is 0. The average molecular weight is 704 g/mol. The van der Waals surface area contributed by atoms with Crippen molar-refractivity contribution in [1.82, 2.24) is 19.7 Å². The fraction of sp³-hybridized carbons (Fsp3) is 0.545. The van der Waals surface area contributed by atoms with Crippen LogP contribution in [0.25, 0.3) is 5.52 Å². The molecule has 3 N–H and O–H groups in total. The molecule has 15 nitrogen and oxygen atoms in total. The Morgan fingerprint density at radius 1 is 1.06 bits per heavy atom. The third-order valence-electron chi connectivity index (χ3n) is 7.81. The summed E-state index contributed by atoms with van der Waals surface area (Å²) in [6.07, 6.45) is -2.34. The Balaban J connectivity index is 1.69. The van der Waals surface area contributed by atoms with Crippen LogP contribution in [0.4, 0.5) is 5.82 Å². The number of anilines is 1. The molecule has 1 fully saturated rings. The van der Waals surface area contributed by atoms with Crippen LogP contribution in [0.15, 0.2) is 42.7 Å². The summed E-state index contributed by atoms with van der Waals surface area (Å²) in [7, 11) is -4.38. The zero-order chi connectivity index (χ0) is 36.3.